The van der Waals surface area contributed by atoms with E-state index in [2.05, 4.69) is 60.1 Å². The molecule has 7 rings (SSSR count). The Balaban J connectivity index is 0.828. The second-order valence-corrected chi connectivity index (χ2v) is 14.4. The van der Waals surface area contributed by atoms with Gasteiger partial charge in [-0.15, -0.1) is 0 Å². The van der Waals surface area contributed by atoms with E-state index in [0.717, 1.165) is 16.7 Å². The Morgan fingerprint density at radius 2 is 1.44 bits per heavy atom. The van der Waals surface area contributed by atoms with Gasteiger partial charge >= 0.3 is 6.09 Å². The molecule has 0 radical (unpaired) electrons. The predicted molar refractivity (Wildman–Crippen MR) is 234 cm³/mol. The number of rotatable bonds is 19. The molecule has 5 aromatic carbocycles. The van der Waals surface area contributed by atoms with Crippen LogP contribution in [0.3, 0.4) is 0 Å². The number of fused-ring (bicyclic) bond motifs is 3. The third-order valence-electron chi connectivity index (χ3n) is 10.00. The first-order valence-corrected chi connectivity index (χ1v) is 20.2. The Bertz CT molecular complexity index is 2560. The average molecular weight is 829 g/mol. The summed E-state index contributed by atoms with van der Waals surface area (Å²) in [7, 11) is 0. The Hall–Kier alpha value is -7.83. The summed E-state index contributed by atoms with van der Waals surface area (Å²) in [5, 5.41) is 17.7. The summed E-state index contributed by atoms with van der Waals surface area (Å²) in [5.74, 6) is 1.03. The Kier molecular flexibility index (Phi) is 14.3. The first kappa shape index (κ1) is 42.3. The average Bonchev–Trinajstić information content (AvgIpc) is 3.62. The van der Waals surface area contributed by atoms with E-state index in [0.29, 0.717) is 78.1 Å². The molecular weight excluding hydrogens is 785 g/mol. The van der Waals surface area contributed by atoms with Gasteiger partial charge in [0.15, 0.2) is 5.78 Å². The third-order valence-corrected chi connectivity index (χ3v) is 10.00. The summed E-state index contributed by atoms with van der Waals surface area (Å²) in [6.07, 6.45) is 0.808. The predicted octanol–water partition coefficient (Wildman–Crippen LogP) is 11.1. The molecule has 0 bridgehead atoms. The van der Waals surface area contributed by atoms with Crippen molar-refractivity contribution in [3.8, 4) is 28.5 Å². The molecule has 14 nitrogen and oxygen atoms in total. The summed E-state index contributed by atoms with van der Waals surface area (Å²) in [6.45, 7) is 3.39. The zero-order chi connectivity index (χ0) is 43.1. The van der Waals surface area contributed by atoms with Crippen LogP contribution in [0.5, 0.6) is 17.4 Å². The minimum absolute atomic E-state index is 0.0344. The van der Waals surface area contributed by atoms with Gasteiger partial charge in [0.2, 0.25) is 5.88 Å². The summed E-state index contributed by atoms with van der Waals surface area (Å²) in [5.41, 5.74) is 16.6. The second-order valence-electron chi connectivity index (χ2n) is 14.4. The van der Waals surface area contributed by atoms with Crippen LogP contribution >= 0.6 is 0 Å². The fraction of sp³-hybridized carbons (Fsp3) is 0.208. The van der Waals surface area contributed by atoms with Gasteiger partial charge in [-0.1, -0.05) is 59.7 Å². The topological polar surface area (TPSA) is 189 Å². The lowest BCUT2D eigenvalue weighted by molar-refractivity contribution is 0.0937. The number of azide groups is 1. The van der Waals surface area contributed by atoms with Crippen LogP contribution in [0.25, 0.3) is 21.6 Å². The molecule has 0 aliphatic heterocycles. The minimum Gasteiger partial charge on any atom is -0.494 e. The van der Waals surface area contributed by atoms with Gasteiger partial charge in [-0.2, -0.15) is 10.2 Å². The van der Waals surface area contributed by atoms with Crippen LogP contribution in [0.1, 0.15) is 68.3 Å². The van der Waals surface area contributed by atoms with Crippen LogP contribution in [0.4, 0.5) is 16.2 Å². The van der Waals surface area contributed by atoms with Crippen molar-refractivity contribution in [2.75, 3.05) is 26.3 Å². The Morgan fingerprint density at radius 1 is 0.742 bits per heavy atom. The number of hydrogen-bond acceptors (Lipinski definition) is 10. The second kappa shape index (κ2) is 20.9. The van der Waals surface area contributed by atoms with Crippen molar-refractivity contribution in [1.82, 2.24) is 15.6 Å². The number of hydrogen-bond donors (Lipinski definition) is 2. The maximum atomic E-state index is 13.0. The van der Waals surface area contributed by atoms with Gasteiger partial charge in [0.05, 0.1) is 18.0 Å². The van der Waals surface area contributed by atoms with Gasteiger partial charge in [-0.05, 0) is 126 Å². The number of pyridine rings is 1. The van der Waals surface area contributed by atoms with Crippen molar-refractivity contribution in [2.45, 2.75) is 38.6 Å². The fourth-order valence-electron chi connectivity index (χ4n) is 7.01. The number of nitrogens with one attached hydrogen (secondary N) is 2. The number of carbonyl (C=O) groups is 3. The molecule has 0 saturated heterocycles. The number of benzene rings is 5. The van der Waals surface area contributed by atoms with Crippen LogP contribution in [-0.4, -0.2) is 49.1 Å². The summed E-state index contributed by atoms with van der Waals surface area (Å²) < 4.78 is 17.4. The molecule has 14 heteroatoms. The third kappa shape index (κ3) is 11.5. The van der Waals surface area contributed by atoms with Crippen LogP contribution < -0.4 is 20.1 Å². The minimum atomic E-state index is -0.523. The zero-order valence-corrected chi connectivity index (χ0v) is 34.1. The molecule has 1 aliphatic rings. The van der Waals surface area contributed by atoms with E-state index in [4.69, 9.17) is 19.7 Å². The maximum absolute atomic E-state index is 13.0. The van der Waals surface area contributed by atoms with Gasteiger partial charge in [0.1, 0.15) is 18.1 Å². The maximum Gasteiger partial charge on any atom is 0.407 e. The van der Waals surface area contributed by atoms with E-state index < -0.39 is 6.09 Å². The van der Waals surface area contributed by atoms with Crippen molar-refractivity contribution in [3.63, 3.8) is 0 Å². The number of alkyl carbamates (subject to hydrolysis) is 1. The lowest BCUT2D eigenvalue weighted by Gasteiger charge is -2.15. The highest BCUT2D eigenvalue weighted by Gasteiger charge is 2.29. The highest BCUT2D eigenvalue weighted by atomic mass is 16.5. The number of aromatic nitrogens is 1. The molecule has 312 valence electrons. The molecule has 62 heavy (non-hydrogen) atoms. The number of ether oxygens (including phenoxy) is 3. The summed E-state index contributed by atoms with van der Waals surface area (Å²) in [4.78, 5) is 45.9. The number of ketones is 1. The zero-order valence-electron chi connectivity index (χ0n) is 34.1. The number of nitrogens with zero attached hydrogens (tertiary/aromatic N) is 6. The van der Waals surface area contributed by atoms with Gasteiger partial charge < -0.3 is 24.8 Å². The molecule has 6 aromatic rings. The van der Waals surface area contributed by atoms with Gasteiger partial charge in [0, 0.05) is 59.8 Å². The smallest absolute Gasteiger partial charge is 0.407 e. The molecule has 0 fully saturated rings. The van der Waals surface area contributed by atoms with E-state index in [1.807, 2.05) is 37.3 Å². The van der Waals surface area contributed by atoms with Crippen LogP contribution in [0.2, 0.25) is 0 Å². The van der Waals surface area contributed by atoms with Crippen molar-refractivity contribution in [3.05, 3.63) is 177 Å². The van der Waals surface area contributed by atoms with Gasteiger partial charge in [0.25, 0.3) is 5.91 Å². The first-order valence-electron chi connectivity index (χ1n) is 20.2. The van der Waals surface area contributed by atoms with Crippen molar-refractivity contribution in [1.29, 1.82) is 0 Å². The number of Topliss-reactive ketones (excluding diaryl/α,β-unsaturated/α-hetero) is 1. The van der Waals surface area contributed by atoms with Crippen LogP contribution in [-0.2, 0) is 11.3 Å². The number of aryl methyl sites for hydroxylation is 1. The fourth-order valence-corrected chi connectivity index (χ4v) is 7.01. The van der Waals surface area contributed by atoms with Gasteiger partial charge in [-0.3, -0.25) is 9.59 Å². The van der Waals surface area contributed by atoms with E-state index in [-0.39, 0.29) is 37.2 Å². The largest absolute Gasteiger partial charge is 0.494 e. The van der Waals surface area contributed by atoms with E-state index >= 15 is 0 Å². The Morgan fingerprint density at radius 3 is 2.15 bits per heavy atom. The lowest BCUT2D eigenvalue weighted by atomic mass is 9.98. The highest BCUT2D eigenvalue weighted by molar-refractivity contribution is 5.96. The monoisotopic (exact) mass is 828 g/mol. The normalized spacial score (nSPS) is 11.6. The molecule has 0 atom stereocenters. The van der Waals surface area contributed by atoms with E-state index in [1.54, 1.807) is 78.9 Å². The molecule has 0 spiro atoms. The SMILES string of the molecule is Cc1cc(CNC(=O)OCC2c3ccccc3-c3ccccc32)cc(Oc2cccc(C(=O)NCCCC(=O)c3ccc(N=Nc4ccc(OCCCN=[N+]=[N-])cc4)cc3)c2)n1. The van der Waals surface area contributed by atoms with Crippen molar-refractivity contribution in [2.24, 2.45) is 15.3 Å². The molecule has 2 amide bonds. The molecule has 1 heterocycles. The quantitative estimate of drug-likeness (QED) is 0.0267. The van der Waals surface area contributed by atoms with Crippen LogP contribution in [0, 0.1) is 6.92 Å². The molecule has 1 aliphatic carbocycles. The van der Waals surface area contributed by atoms with Gasteiger partial charge in [-0.25, -0.2) is 9.78 Å². The lowest BCUT2D eigenvalue weighted by Crippen LogP contribution is -2.25. The molecule has 0 saturated carbocycles. The molecule has 0 unspecified atom stereocenters. The summed E-state index contributed by atoms with van der Waals surface area (Å²) >= 11 is 0. The standard InChI is InChI=1S/C48H44N8O6/c1-32-27-33(30-51-48(59)61-31-44-42-13-4-2-11-40(42)41-12-3-5-14-43(41)44)28-46(53-32)62-39-10-6-9-35(29-39)47(58)50-24-7-15-45(57)34-16-18-36(19-17-34)54-55-37-20-22-38(23-21-37)60-26-8-25-52-56-49/h2-6,9-14,16-23,27-29,44H,7-8,15,24-26,30-31H2,1H3,(H,50,58)(H,51,59). The van der Waals surface area contributed by atoms with Crippen molar-refractivity contribution < 1.29 is 28.6 Å². The number of carbonyl (C=O) groups excluding carboxylic acids is 3. The molecular formula is C48H44N8O6. The number of azo groups is 1. The first-order chi connectivity index (χ1) is 30.3. The van der Waals surface area contributed by atoms with Crippen molar-refractivity contribution >= 4 is 29.2 Å². The van der Waals surface area contributed by atoms with E-state index in [9.17, 15) is 14.4 Å². The number of amides is 2. The molecule has 2 N–H and O–H groups in total. The Labute approximate surface area is 358 Å². The highest BCUT2D eigenvalue weighted by Crippen LogP contribution is 2.44. The summed E-state index contributed by atoms with van der Waals surface area (Å²) in [6, 6.07) is 40.7. The van der Waals surface area contributed by atoms with Crippen LogP contribution in [0.15, 0.2) is 149 Å². The van der Waals surface area contributed by atoms with E-state index in [1.165, 1.54) is 11.1 Å². The molecule has 1 aromatic heterocycles.